The van der Waals surface area contributed by atoms with Crippen molar-refractivity contribution in [1.29, 1.82) is 0 Å². The number of nitrogens with two attached hydrogens (primary N) is 1. The average molecular weight is 324 g/mol. The Hall–Kier alpha value is -3.22. The van der Waals surface area contributed by atoms with Crippen molar-refractivity contribution in [1.82, 2.24) is 14.1 Å². The lowest BCUT2D eigenvalue weighted by Crippen LogP contribution is -2.42. The molecule has 1 aromatic carbocycles. The molecule has 0 radical (unpaired) electrons. The molecule has 2 N–H and O–H groups in total. The Labute approximate surface area is 137 Å². The molecule has 0 bridgehead atoms. The average Bonchev–Trinajstić information content (AvgIpc) is 2.57. The number of carbonyl (C=O) groups excluding carboxylic acids is 1. The molecular weight excluding hydrogens is 308 g/mol. The van der Waals surface area contributed by atoms with Gasteiger partial charge in [-0.2, -0.15) is 0 Å². The Balaban J connectivity index is 2.23. The van der Waals surface area contributed by atoms with Crippen molar-refractivity contribution in [2.75, 3.05) is 0 Å². The van der Waals surface area contributed by atoms with Gasteiger partial charge in [-0.3, -0.25) is 18.7 Å². The van der Waals surface area contributed by atoms with E-state index in [-0.39, 0.29) is 18.6 Å². The van der Waals surface area contributed by atoms with E-state index in [9.17, 15) is 14.4 Å². The highest BCUT2D eigenvalue weighted by Gasteiger charge is 2.15. The molecule has 0 aliphatic carbocycles. The molecule has 3 rings (SSSR count). The molecule has 3 aromatic rings. The lowest BCUT2D eigenvalue weighted by Gasteiger charge is -2.12. The first-order valence-corrected chi connectivity index (χ1v) is 7.39. The number of aromatic nitrogens is 3. The number of amides is 1. The number of nitrogens with zero attached hydrogens (tertiary/aromatic N) is 3. The number of rotatable bonds is 4. The third kappa shape index (κ3) is 2.83. The fraction of sp³-hybridized carbons (Fsp3) is 0.176. The summed E-state index contributed by atoms with van der Waals surface area (Å²) in [6.07, 6.45) is 1.47. The highest BCUT2D eigenvalue weighted by molar-refractivity contribution is 5.78. The van der Waals surface area contributed by atoms with E-state index in [1.165, 1.54) is 10.8 Å². The highest BCUT2D eigenvalue weighted by atomic mass is 16.2. The fourth-order valence-electron chi connectivity index (χ4n) is 2.57. The number of benzene rings is 1. The fourth-order valence-corrected chi connectivity index (χ4v) is 2.57. The zero-order valence-corrected chi connectivity index (χ0v) is 13.1. The monoisotopic (exact) mass is 324 g/mol. The number of pyridine rings is 1. The summed E-state index contributed by atoms with van der Waals surface area (Å²) in [5.74, 6) is -0.664. The minimum absolute atomic E-state index is 0.100. The predicted octanol–water partition coefficient (Wildman–Crippen LogP) is 0.400. The standard InChI is InChI=1S/C17H16N4O3/c1-11-4-6-12(7-5-11)9-21-16(23)15-13(3-2-8-19-15)20(17(21)24)10-14(18)22/h2-8H,9-10H2,1H3,(H2,18,22). The third-order valence-corrected chi connectivity index (χ3v) is 3.76. The van der Waals surface area contributed by atoms with E-state index >= 15 is 0 Å². The van der Waals surface area contributed by atoms with Gasteiger partial charge < -0.3 is 5.73 Å². The van der Waals surface area contributed by atoms with Crippen LogP contribution >= 0.6 is 0 Å². The topological polar surface area (TPSA) is 100.0 Å². The van der Waals surface area contributed by atoms with Gasteiger partial charge in [0, 0.05) is 6.20 Å². The van der Waals surface area contributed by atoms with Crippen LogP contribution in [-0.4, -0.2) is 20.0 Å². The Morgan fingerprint density at radius 1 is 1.12 bits per heavy atom. The van der Waals surface area contributed by atoms with Crippen molar-refractivity contribution in [2.24, 2.45) is 5.73 Å². The van der Waals surface area contributed by atoms with Gasteiger partial charge in [0.2, 0.25) is 5.91 Å². The molecule has 7 heteroatoms. The van der Waals surface area contributed by atoms with E-state index in [1.807, 2.05) is 31.2 Å². The van der Waals surface area contributed by atoms with Gasteiger partial charge in [-0.1, -0.05) is 29.8 Å². The number of hydrogen-bond acceptors (Lipinski definition) is 4. The molecule has 7 nitrogen and oxygen atoms in total. The molecular formula is C17H16N4O3. The molecule has 0 unspecified atom stereocenters. The Morgan fingerprint density at radius 2 is 1.83 bits per heavy atom. The van der Waals surface area contributed by atoms with Crippen molar-refractivity contribution in [3.8, 4) is 0 Å². The van der Waals surface area contributed by atoms with E-state index < -0.39 is 17.2 Å². The summed E-state index contributed by atoms with van der Waals surface area (Å²) in [7, 11) is 0. The summed E-state index contributed by atoms with van der Waals surface area (Å²) in [6.45, 7) is 1.74. The van der Waals surface area contributed by atoms with Gasteiger partial charge in [-0.15, -0.1) is 0 Å². The van der Waals surface area contributed by atoms with Crippen molar-refractivity contribution in [3.05, 3.63) is 74.6 Å². The Morgan fingerprint density at radius 3 is 2.50 bits per heavy atom. The van der Waals surface area contributed by atoms with Crippen molar-refractivity contribution >= 4 is 16.9 Å². The van der Waals surface area contributed by atoms with E-state index in [0.717, 1.165) is 15.7 Å². The molecule has 0 saturated heterocycles. The molecule has 0 aliphatic rings. The zero-order chi connectivity index (χ0) is 17.3. The largest absolute Gasteiger partial charge is 0.368 e. The minimum Gasteiger partial charge on any atom is -0.368 e. The van der Waals surface area contributed by atoms with Gasteiger partial charge in [0.1, 0.15) is 6.54 Å². The smallest absolute Gasteiger partial charge is 0.332 e. The summed E-state index contributed by atoms with van der Waals surface area (Å²) < 4.78 is 2.25. The van der Waals surface area contributed by atoms with E-state index in [2.05, 4.69) is 4.98 Å². The van der Waals surface area contributed by atoms with Gasteiger partial charge >= 0.3 is 5.69 Å². The molecule has 2 aromatic heterocycles. The van der Waals surface area contributed by atoms with Crippen LogP contribution in [0.25, 0.3) is 11.0 Å². The second-order valence-corrected chi connectivity index (χ2v) is 5.58. The Kier molecular flexibility index (Phi) is 3.99. The normalized spacial score (nSPS) is 10.9. The third-order valence-electron chi connectivity index (χ3n) is 3.76. The van der Waals surface area contributed by atoms with Gasteiger partial charge in [-0.25, -0.2) is 9.78 Å². The summed E-state index contributed by atoms with van der Waals surface area (Å²) in [5.41, 5.74) is 6.48. The second-order valence-electron chi connectivity index (χ2n) is 5.58. The van der Waals surface area contributed by atoms with Gasteiger partial charge in [-0.05, 0) is 24.6 Å². The first-order chi connectivity index (χ1) is 11.5. The summed E-state index contributed by atoms with van der Waals surface area (Å²) in [4.78, 5) is 40.7. The molecule has 24 heavy (non-hydrogen) atoms. The summed E-state index contributed by atoms with van der Waals surface area (Å²) in [6, 6.07) is 10.7. The van der Waals surface area contributed by atoms with Crippen LogP contribution in [0, 0.1) is 6.92 Å². The molecule has 0 atom stereocenters. The van der Waals surface area contributed by atoms with Crippen LogP contribution in [0.1, 0.15) is 11.1 Å². The van der Waals surface area contributed by atoms with Gasteiger partial charge in [0.25, 0.3) is 5.56 Å². The van der Waals surface area contributed by atoms with Crippen LogP contribution in [0.4, 0.5) is 0 Å². The second kappa shape index (κ2) is 6.11. The maximum Gasteiger partial charge on any atom is 0.332 e. The van der Waals surface area contributed by atoms with Crippen LogP contribution in [0.3, 0.4) is 0 Å². The van der Waals surface area contributed by atoms with E-state index in [0.29, 0.717) is 5.52 Å². The number of primary amides is 1. The lowest BCUT2D eigenvalue weighted by atomic mass is 10.1. The number of hydrogen-bond donors (Lipinski definition) is 1. The quantitative estimate of drug-likeness (QED) is 0.751. The van der Waals surface area contributed by atoms with Crippen LogP contribution in [0.2, 0.25) is 0 Å². The van der Waals surface area contributed by atoms with E-state index in [1.54, 1.807) is 12.1 Å². The highest BCUT2D eigenvalue weighted by Crippen LogP contribution is 2.07. The maximum absolute atomic E-state index is 12.7. The van der Waals surface area contributed by atoms with E-state index in [4.69, 9.17) is 5.73 Å². The molecule has 122 valence electrons. The SMILES string of the molecule is Cc1ccc(Cn2c(=O)c3ncccc3n(CC(N)=O)c2=O)cc1. The van der Waals surface area contributed by atoms with Crippen LogP contribution in [-0.2, 0) is 17.9 Å². The molecule has 1 amide bonds. The van der Waals surface area contributed by atoms with Crippen LogP contribution in [0.5, 0.6) is 0 Å². The number of aryl methyl sites for hydroxylation is 1. The maximum atomic E-state index is 12.7. The molecule has 0 aliphatic heterocycles. The number of fused-ring (bicyclic) bond motifs is 1. The van der Waals surface area contributed by atoms with Gasteiger partial charge in [0.05, 0.1) is 12.1 Å². The minimum atomic E-state index is -0.664. The molecule has 0 spiro atoms. The van der Waals surface area contributed by atoms with Crippen LogP contribution in [0.15, 0.2) is 52.2 Å². The Bertz CT molecular complexity index is 1030. The predicted molar refractivity (Wildman–Crippen MR) is 89.7 cm³/mol. The lowest BCUT2D eigenvalue weighted by molar-refractivity contribution is -0.118. The van der Waals surface area contributed by atoms with Crippen molar-refractivity contribution in [3.63, 3.8) is 0 Å². The summed E-state index contributed by atoms with van der Waals surface area (Å²) in [5, 5.41) is 0. The molecule has 0 fully saturated rings. The van der Waals surface area contributed by atoms with Crippen LogP contribution < -0.4 is 17.0 Å². The first-order valence-electron chi connectivity index (χ1n) is 7.39. The van der Waals surface area contributed by atoms with Gasteiger partial charge in [0.15, 0.2) is 5.52 Å². The zero-order valence-electron chi connectivity index (χ0n) is 13.1. The molecule has 0 saturated carbocycles. The first kappa shape index (κ1) is 15.7. The summed E-state index contributed by atoms with van der Waals surface area (Å²) >= 11 is 0. The van der Waals surface area contributed by atoms with Crippen molar-refractivity contribution < 1.29 is 4.79 Å². The number of carbonyl (C=O) groups is 1. The van der Waals surface area contributed by atoms with Crippen molar-refractivity contribution in [2.45, 2.75) is 20.0 Å². The molecule has 2 heterocycles.